The fourth-order valence-corrected chi connectivity index (χ4v) is 1.88. The van der Waals surface area contributed by atoms with Crippen LogP contribution in [-0.4, -0.2) is 19.6 Å². The molecule has 1 saturated heterocycles. The maximum absolute atomic E-state index is 8.91. The second-order valence-corrected chi connectivity index (χ2v) is 3.90. The molecule has 1 aromatic carbocycles. The van der Waals surface area contributed by atoms with E-state index in [-0.39, 0.29) is 0 Å². The van der Waals surface area contributed by atoms with Crippen molar-refractivity contribution in [3.05, 3.63) is 29.8 Å². The van der Waals surface area contributed by atoms with E-state index in [1.54, 1.807) is 0 Å². The molecule has 0 bridgehead atoms. The smallest absolute Gasteiger partial charge is 0.101 e. The summed E-state index contributed by atoms with van der Waals surface area (Å²) in [7, 11) is 0. The number of anilines is 1. The lowest BCUT2D eigenvalue weighted by atomic mass is 10.1. The largest absolute Gasteiger partial charge is 0.384 e. The number of rotatable bonds is 3. The Morgan fingerprint density at radius 3 is 3.07 bits per heavy atom. The van der Waals surface area contributed by atoms with Crippen LogP contribution < -0.4 is 10.6 Å². The summed E-state index contributed by atoms with van der Waals surface area (Å²) in [4.78, 5) is 0. The molecule has 1 fully saturated rings. The third-order valence-corrected chi connectivity index (χ3v) is 2.79. The Morgan fingerprint density at radius 2 is 2.33 bits per heavy atom. The molecule has 1 aliphatic rings. The minimum Gasteiger partial charge on any atom is -0.384 e. The van der Waals surface area contributed by atoms with Crippen LogP contribution in [0, 0.1) is 17.2 Å². The van der Waals surface area contributed by atoms with Crippen LogP contribution in [0.1, 0.15) is 12.0 Å². The number of nitriles is 1. The molecular weight excluding hydrogens is 186 g/mol. The summed E-state index contributed by atoms with van der Waals surface area (Å²) in [5, 5.41) is 15.6. The van der Waals surface area contributed by atoms with E-state index in [0.717, 1.165) is 30.9 Å². The summed E-state index contributed by atoms with van der Waals surface area (Å²) in [5.41, 5.74) is 1.68. The van der Waals surface area contributed by atoms with Gasteiger partial charge in [0.05, 0.1) is 11.3 Å². The second-order valence-electron chi connectivity index (χ2n) is 3.90. The van der Waals surface area contributed by atoms with E-state index >= 15 is 0 Å². The van der Waals surface area contributed by atoms with Gasteiger partial charge in [0.1, 0.15) is 6.07 Å². The summed E-state index contributed by atoms with van der Waals surface area (Å²) < 4.78 is 0. The zero-order chi connectivity index (χ0) is 10.5. The van der Waals surface area contributed by atoms with E-state index in [9.17, 15) is 0 Å². The average molecular weight is 201 g/mol. The lowest BCUT2D eigenvalue weighted by Gasteiger charge is -2.11. The third kappa shape index (κ3) is 2.48. The van der Waals surface area contributed by atoms with Crippen molar-refractivity contribution in [2.75, 3.05) is 25.0 Å². The second kappa shape index (κ2) is 4.81. The van der Waals surface area contributed by atoms with Crippen molar-refractivity contribution in [3.8, 4) is 6.07 Å². The normalized spacial score (nSPS) is 19.8. The number of nitrogens with one attached hydrogen (secondary N) is 2. The highest BCUT2D eigenvalue weighted by atomic mass is 14.9. The Kier molecular flexibility index (Phi) is 3.21. The van der Waals surface area contributed by atoms with Crippen molar-refractivity contribution in [2.45, 2.75) is 6.42 Å². The molecule has 1 heterocycles. The van der Waals surface area contributed by atoms with Gasteiger partial charge in [0, 0.05) is 6.54 Å². The molecule has 0 amide bonds. The summed E-state index contributed by atoms with van der Waals surface area (Å²) >= 11 is 0. The van der Waals surface area contributed by atoms with Gasteiger partial charge in [-0.15, -0.1) is 0 Å². The molecule has 0 spiro atoms. The maximum atomic E-state index is 8.91. The van der Waals surface area contributed by atoms with E-state index in [0.29, 0.717) is 5.92 Å². The Bertz CT molecular complexity index is 361. The molecule has 3 heteroatoms. The minimum absolute atomic E-state index is 0.691. The van der Waals surface area contributed by atoms with Crippen LogP contribution >= 0.6 is 0 Å². The number of hydrogen-bond acceptors (Lipinski definition) is 3. The standard InChI is InChI=1S/C12H15N3/c13-7-11-3-1-2-4-12(11)15-9-10-5-6-14-8-10/h1-4,10,14-15H,5-6,8-9H2. The predicted octanol–water partition coefficient (Wildman–Crippen LogP) is 1.58. The van der Waals surface area contributed by atoms with E-state index in [4.69, 9.17) is 5.26 Å². The van der Waals surface area contributed by atoms with Gasteiger partial charge in [-0.3, -0.25) is 0 Å². The number of benzene rings is 1. The summed E-state index contributed by atoms with van der Waals surface area (Å²) in [6, 6.07) is 9.84. The predicted molar refractivity (Wildman–Crippen MR) is 60.6 cm³/mol. The molecule has 2 rings (SSSR count). The van der Waals surface area contributed by atoms with Crippen LogP contribution in [-0.2, 0) is 0 Å². The maximum Gasteiger partial charge on any atom is 0.101 e. The molecule has 0 radical (unpaired) electrons. The van der Waals surface area contributed by atoms with Crippen molar-refractivity contribution >= 4 is 5.69 Å². The molecule has 0 saturated carbocycles. The summed E-state index contributed by atoms with van der Waals surface area (Å²) in [6.45, 7) is 3.15. The molecule has 0 aromatic heterocycles. The Morgan fingerprint density at radius 1 is 1.47 bits per heavy atom. The van der Waals surface area contributed by atoms with Gasteiger partial charge < -0.3 is 10.6 Å². The van der Waals surface area contributed by atoms with Crippen molar-refractivity contribution in [2.24, 2.45) is 5.92 Å². The number of hydrogen-bond donors (Lipinski definition) is 2. The monoisotopic (exact) mass is 201 g/mol. The van der Waals surface area contributed by atoms with Crippen LogP contribution in [0.2, 0.25) is 0 Å². The first-order valence-corrected chi connectivity index (χ1v) is 5.34. The van der Waals surface area contributed by atoms with E-state index in [2.05, 4.69) is 16.7 Å². The van der Waals surface area contributed by atoms with Crippen molar-refractivity contribution in [1.29, 1.82) is 5.26 Å². The molecular formula is C12H15N3. The van der Waals surface area contributed by atoms with Gasteiger partial charge in [-0.2, -0.15) is 5.26 Å². The first-order chi connectivity index (χ1) is 7.40. The van der Waals surface area contributed by atoms with Crippen molar-refractivity contribution in [1.82, 2.24) is 5.32 Å². The summed E-state index contributed by atoms with van der Waals surface area (Å²) in [6.07, 6.45) is 1.22. The van der Waals surface area contributed by atoms with Crippen LogP contribution in [0.3, 0.4) is 0 Å². The van der Waals surface area contributed by atoms with Crippen molar-refractivity contribution in [3.63, 3.8) is 0 Å². The van der Waals surface area contributed by atoms with Gasteiger partial charge in [-0.25, -0.2) is 0 Å². The topological polar surface area (TPSA) is 47.9 Å². The van der Waals surface area contributed by atoms with Gasteiger partial charge in [0.25, 0.3) is 0 Å². The van der Waals surface area contributed by atoms with E-state index < -0.39 is 0 Å². The van der Waals surface area contributed by atoms with Gasteiger partial charge in [0.2, 0.25) is 0 Å². The average Bonchev–Trinajstić information content (AvgIpc) is 2.79. The molecule has 1 aliphatic heterocycles. The minimum atomic E-state index is 0.691. The van der Waals surface area contributed by atoms with Gasteiger partial charge in [-0.1, -0.05) is 12.1 Å². The fourth-order valence-electron chi connectivity index (χ4n) is 1.88. The first-order valence-electron chi connectivity index (χ1n) is 5.34. The van der Waals surface area contributed by atoms with Crippen LogP contribution in [0.4, 0.5) is 5.69 Å². The Labute approximate surface area is 90.1 Å². The van der Waals surface area contributed by atoms with Gasteiger partial charge in [0.15, 0.2) is 0 Å². The first kappa shape index (κ1) is 10.0. The fraction of sp³-hybridized carbons (Fsp3) is 0.417. The van der Waals surface area contributed by atoms with Gasteiger partial charge in [-0.05, 0) is 37.6 Å². The SMILES string of the molecule is N#Cc1ccccc1NCC1CCNC1. The van der Waals surface area contributed by atoms with Crippen molar-refractivity contribution < 1.29 is 0 Å². The molecule has 1 aromatic rings. The molecule has 15 heavy (non-hydrogen) atoms. The molecule has 2 N–H and O–H groups in total. The Hall–Kier alpha value is -1.53. The lowest BCUT2D eigenvalue weighted by Crippen LogP contribution is -2.17. The van der Waals surface area contributed by atoms with E-state index in [1.807, 2.05) is 24.3 Å². The zero-order valence-corrected chi connectivity index (χ0v) is 8.66. The Balaban J connectivity index is 1.95. The molecule has 3 nitrogen and oxygen atoms in total. The number of para-hydroxylation sites is 1. The zero-order valence-electron chi connectivity index (χ0n) is 8.66. The lowest BCUT2D eigenvalue weighted by molar-refractivity contribution is 0.615. The molecule has 78 valence electrons. The number of nitrogens with zero attached hydrogens (tertiary/aromatic N) is 1. The highest BCUT2D eigenvalue weighted by Crippen LogP contribution is 2.15. The van der Waals surface area contributed by atoms with Gasteiger partial charge >= 0.3 is 0 Å². The van der Waals surface area contributed by atoms with Crippen LogP contribution in [0.25, 0.3) is 0 Å². The van der Waals surface area contributed by atoms with E-state index in [1.165, 1.54) is 6.42 Å². The van der Waals surface area contributed by atoms with Crippen LogP contribution in [0.15, 0.2) is 24.3 Å². The molecule has 1 unspecified atom stereocenters. The highest BCUT2D eigenvalue weighted by Gasteiger charge is 2.14. The summed E-state index contributed by atoms with van der Waals surface area (Å²) in [5.74, 6) is 0.691. The quantitative estimate of drug-likeness (QED) is 0.780. The van der Waals surface area contributed by atoms with Crippen LogP contribution in [0.5, 0.6) is 0 Å². The molecule has 0 aliphatic carbocycles. The highest BCUT2D eigenvalue weighted by molar-refractivity contribution is 5.57. The third-order valence-electron chi connectivity index (χ3n) is 2.79. The molecule has 1 atom stereocenters.